The van der Waals surface area contributed by atoms with Crippen molar-refractivity contribution in [2.75, 3.05) is 11.1 Å². The van der Waals surface area contributed by atoms with Crippen molar-refractivity contribution in [3.05, 3.63) is 53.7 Å². The Bertz CT molecular complexity index is 588. The number of carbonyl (C=O) groups excluding carboxylic acids is 1. The molecule has 0 unspecified atom stereocenters. The highest BCUT2D eigenvalue weighted by atomic mass is 16.1. The first kappa shape index (κ1) is 15.0. The second-order valence-electron chi connectivity index (χ2n) is 5.61. The van der Waals surface area contributed by atoms with E-state index in [9.17, 15) is 4.79 Å². The van der Waals surface area contributed by atoms with Gasteiger partial charge in [0.1, 0.15) is 5.82 Å². The molecule has 0 fully saturated rings. The smallest absolute Gasteiger partial charge is 0.228 e. The molecule has 0 aliphatic carbocycles. The summed E-state index contributed by atoms with van der Waals surface area (Å²) in [5.41, 5.74) is 8.47. The summed E-state index contributed by atoms with van der Waals surface area (Å²) in [5.74, 6) is 1.02. The van der Waals surface area contributed by atoms with E-state index in [1.165, 1.54) is 5.56 Å². The van der Waals surface area contributed by atoms with Gasteiger partial charge >= 0.3 is 0 Å². The molecule has 0 aliphatic rings. The number of anilines is 2. The standard InChI is InChI=1S/C17H21N3O/c1-12(2)9-13-3-5-14(6-4-13)10-17(21)20-15-7-8-16(18)19-11-15/h3-8,11-12H,9-10H2,1-2H3,(H2,18,19)(H,20,21). The Kier molecular flexibility index (Phi) is 4.93. The molecule has 4 heteroatoms. The van der Waals surface area contributed by atoms with Crippen LogP contribution in [0, 0.1) is 5.92 Å². The Morgan fingerprint density at radius 1 is 1.14 bits per heavy atom. The van der Waals surface area contributed by atoms with Crippen LogP contribution in [0.1, 0.15) is 25.0 Å². The van der Waals surface area contributed by atoms with E-state index in [1.54, 1.807) is 18.3 Å². The van der Waals surface area contributed by atoms with Gasteiger partial charge in [-0.15, -0.1) is 0 Å². The minimum absolute atomic E-state index is 0.0572. The van der Waals surface area contributed by atoms with Gasteiger partial charge in [-0.2, -0.15) is 0 Å². The summed E-state index contributed by atoms with van der Waals surface area (Å²) in [6.45, 7) is 4.39. The van der Waals surface area contributed by atoms with Gasteiger partial charge in [0, 0.05) is 0 Å². The monoisotopic (exact) mass is 283 g/mol. The summed E-state index contributed by atoms with van der Waals surface area (Å²) in [5, 5.41) is 2.81. The van der Waals surface area contributed by atoms with Gasteiger partial charge in [0.2, 0.25) is 5.91 Å². The number of nitrogens with zero attached hydrogens (tertiary/aromatic N) is 1. The summed E-state index contributed by atoms with van der Waals surface area (Å²) >= 11 is 0. The first-order valence-corrected chi connectivity index (χ1v) is 7.12. The average Bonchev–Trinajstić information content (AvgIpc) is 2.43. The molecule has 4 nitrogen and oxygen atoms in total. The Balaban J connectivity index is 1.91. The molecular formula is C17H21N3O. The largest absolute Gasteiger partial charge is 0.384 e. The van der Waals surface area contributed by atoms with Crippen LogP contribution in [0.3, 0.4) is 0 Å². The SMILES string of the molecule is CC(C)Cc1ccc(CC(=O)Nc2ccc(N)nc2)cc1. The van der Waals surface area contributed by atoms with Crippen LogP contribution >= 0.6 is 0 Å². The number of nitrogens with two attached hydrogens (primary N) is 1. The number of nitrogens with one attached hydrogen (secondary N) is 1. The molecule has 1 aromatic heterocycles. The van der Waals surface area contributed by atoms with Crippen LogP contribution in [0.15, 0.2) is 42.6 Å². The molecule has 0 bridgehead atoms. The molecule has 1 amide bonds. The van der Waals surface area contributed by atoms with Crippen molar-refractivity contribution in [1.82, 2.24) is 4.98 Å². The maximum atomic E-state index is 12.0. The summed E-state index contributed by atoms with van der Waals surface area (Å²) in [4.78, 5) is 15.9. The van der Waals surface area contributed by atoms with Gasteiger partial charge in [-0.1, -0.05) is 38.1 Å². The Hall–Kier alpha value is -2.36. The number of hydrogen-bond acceptors (Lipinski definition) is 3. The van der Waals surface area contributed by atoms with Crippen LogP contribution in [-0.2, 0) is 17.6 Å². The van der Waals surface area contributed by atoms with Gasteiger partial charge in [-0.05, 0) is 35.6 Å². The lowest BCUT2D eigenvalue weighted by Gasteiger charge is -2.07. The van der Waals surface area contributed by atoms with E-state index in [-0.39, 0.29) is 5.91 Å². The van der Waals surface area contributed by atoms with Crippen molar-refractivity contribution in [3.63, 3.8) is 0 Å². The Morgan fingerprint density at radius 3 is 2.38 bits per heavy atom. The van der Waals surface area contributed by atoms with Crippen molar-refractivity contribution in [1.29, 1.82) is 0 Å². The zero-order chi connectivity index (χ0) is 15.2. The number of carbonyl (C=O) groups is 1. The molecule has 0 saturated carbocycles. The van der Waals surface area contributed by atoms with Crippen molar-refractivity contribution in [2.45, 2.75) is 26.7 Å². The molecular weight excluding hydrogens is 262 g/mol. The Morgan fingerprint density at radius 2 is 1.81 bits per heavy atom. The highest BCUT2D eigenvalue weighted by molar-refractivity contribution is 5.92. The number of rotatable bonds is 5. The predicted octanol–water partition coefficient (Wildman–Crippen LogP) is 3.04. The number of benzene rings is 1. The maximum absolute atomic E-state index is 12.0. The van der Waals surface area contributed by atoms with Crippen molar-refractivity contribution in [2.24, 2.45) is 5.92 Å². The lowest BCUT2D eigenvalue weighted by atomic mass is 10.0. The molecule has 0 spiro atoms. The molecule has 0 aliphatic heterocycles. The average molecular weight is 283 g/mol. The molecule has 2 aromatic rings. The van der Waals surface area contributed by atoms with Gasteiger partial charge in [0.25, 0.3) is 0 Å². The number of aromatic nitrogens is 1. The maximum Gasteiger partial charge on any atom is 0.228 e. The fourth-order valence-electron chi connectivity index (χ4n) is 2.13. The van der Waals surface area contributed by atoms with Crippen molar-refractivity contribution in [3.8, 4) is 0 Å². The van der Waals surface area contributed by atoms with Gasteiger partial charge in [0.15, 0.2) is 0 Å². The molecule has 0 saturated heterocycles. The number of amides is 1. The third-order valence-corrected chi connectivity index (χ3v) is 3.10. The second kappa shape index (κ2) is 6.88. The van der Waals surface area contributed by atoms with E-state index in [0.717, 1.165) is 12.0 Å². The normalized spacial score (nSPS) is 10.6. The van der Waals surface area contributed by atoms with E-state index in [0.29, 0.717) is 23.8 Å². The lowest BCUT2D eigenvalue weighted by Crippen LogP contribution is -2.14. The quantitative estimate of drug-likeness (QED) is 0.886. The molecule has 21 heavy (non-hydrogen) atoms. The fraction of sp³-hybridized carbons (Fsp3) is 0.294. The zero-order valence-corrected chi connectivity index (χ0v) is 12.5. The molecule has 1 aromatic carbocycles. The first-order chi connectivity index (χ1) is 10.0. The number of pyridine rings is 1. The fourth-order valence-corrected chi connectivity index (χ4v) is 2.13. The van der Waals surface area contributed by atoms with Crippen LogP contribution < -0.4 is 11.1 Å². The van der Waals surface area contributed by atoms with Crippen LogP contribution in [0.25, 0.3) is 0 Å². The van der Waals surface area contributed by atoms with Crippen LogP contribution in [0.5, 0.6) is 0 Å². The van der Waals surface area contributed by atoms with E-state index in [2.05, 4.69) is 36.3 Å². The van der Waals surface area contributed by atoms with Crippen LogP contribution in [-0.4, -0.2) is 10.9 Å². The summed E-state index contributed by atoms with van der Waals surface area (Å²) in [6, 6.07) is 11.6. The number of nitrogen functional groups attached to an aromatic ring is 1. The highest BCUT2D eigenvalue weighted by Crippen LogP contribution is 2.12. The van der Waals surface area contributed by atoms with Crippen molar-refractivity contribution < 1.29 is 4.79 Å². The van der Waals surface area contributed by atoms with Gasteiger partial charge < -0.3 is 11.1 Å². The highest BCUT2D eigenvalue weighted by Gasteiger charge is 2.05. The van der Waals surface area contributed by atoms with Crippen molar-refractivity contribution >= 4 is 17.4 Å². The molecule has 3 N–H and O–H groups in total. The summed E-state index contributed by atoms with van der Waals surface area (Å²) in [7, 11) is 0. The molecule has 110 valence electrons. The van der Waals surface area contributed by atoms with E-state index in [4.69, 9.17) is 5.73 Å². The lowest BCUT2D eigenvalue weighted by molar-refractivity contribution is -0.115. The third-order valence-electron chi connectivity index (χ3n) is 3.10. The molecule has 0 radical (unpaired) electrons. The van der Waals surface area contributed by atoms with Crippen LogP contribution in [0.2, 0.25) is 0 Å². The van der Waals surface area contributed by atoms with E-state index in [1.807, 2.05) is 12.1 Å². The second-order valence-corrected chi connectivity index (χ2v) is 5.61. The van der Waals surface area contributed by atoms with Gasteiger partial charge in [0.05, 0.1) is 18.3 Å². The van der Waals surface area contributed by atoms with Gasteiger partial charge in [-0.25, -0.2) is 4.98 Å². The first-order valence-electron chi connectivity index (χ1n) is 7.12. The molecule has 1 heterocycles. The van der Waals surface area contributed by atoms with E-state index >= 15 is 0 Å². The topological polar surface area (TPSA) is 68.0 Å². The summed E-state index contributed by atoms with van der Waals surface area (Å²) < 4.78 is 0. The Labute approximate surface area is 125 Å². The predicted molar refractivity (Wildman–Crippen MR) is 86.0 cm³/mol. The van der Waals surface area contributed by atoms with Crippen LogP contribution in [0.4, 0.5) is 11.5 Å². The third kappa shape index (κ3) is 4.91. The molecule has 0 atom stereocenters. The van der Waals surface area contributed by atoms with E-state index < -0.39 is 0 Å². The zero-order valence-electron chi connectivity index (χ0n) is 12.5. The minimum atomic E-state index is -0.0572. The number of hydrogen-bond donors (Lipinski definition) is 2. The summed E-state index contributed by atoms with van der Waals surface area (Å²) in [6.07, 6.45) is 2.97. The molecule has 2 rings (SSSR count). The van der Waals surface area contributed by atoms with Gasteiger partial charge in [-0.3, -0.25) is 4.79 Å². The minimum Gasteiger partial charge on any atom is -0.384 e.